The van der Waals surface area contributed by atoms with Crippen LogP contribution in [0, 0.1) is 12.7 Å². The molecule has 1 aromatic heterocycles. The van der Waals surface area contributed by atoms with E-state index in [2.05, 4.69) is 10.3 Å². The molecule has 3 nitrogen and oxygen atoms in total. The topological polar surface area (TPSA) is 38.1 Å². The van der Waals surface area contributed by atoms with Crippen LogP contribution in [-0.2, 0) is 12.7 Å². The van der Waals surface area contributed by atoms with Crippen LogP contribution in [0.25, 0.3) is 0 Å². The number of nitrogens with zero attached hydrogens (tertiary/aromatic N) is 1. The van der Waals surface area contributed by atoms with E-state index in [1.54, 1.807) is 20.0 Å². The molecule has 0 amide bonds. The highest BCUT2D eigenvalue weighted by Gasteiger charge is 2.31. The molecule has 7 heteroatoms. The number of oxazole rings is 1. The summed E-state index contributed by atoms with van der Waals surface area (Å²) in [5, 5.41) is 2.94. The zero-order valence-electron chi connectivity index (χ0n) is 11.5. The van der Waals surface area contributed by atoms with Gasteiger partial charge in [0.15, 0.2) is 0 Å². The zero-order valence-corrected chi connectivity index (χ0v) is 11.5. The number of aromatic nitrogens is 1. The molecule has 0 aliphatic heterocycles. The van der Waals surface area contributed by atoms with Gasteiger partial charge in [-0.1, -0.05) is 0 Å². The zero-order chi connectivity index (χ0) is 15.6. The van der Waals surface area contributed by atoms with Crippen molar-refractivity contribution in [2.24, 2.45) is 0 Å². The number of rotatable bonds is 4. The Hall–Kier alpha value is -1.89. The van der Waals surface area contributed by atoms with E-state index in [0.29, 0.717) is 17.7 Å². The number of alkyl halides is 3. The van der Waals surface area contributed by atoms with Gasteiger partial charge in [0.05, 0.1) is 17.8 Å². The average Bonchev–Trinajstić information content (AvgIpc) is 2.81. The fourth-order valence-electron chi connectivity index (χ4n) is 1.85. The summed E-state index contributed by atoms with van der Waals surface area (Å²) in [7, 11) is 0. The van der Waals surface area contributed by atoms with E-state index >= 15 is 0 Å². The highest BCUT2D eigenvalue weighted by molar-refractivity contribution is 5.26. The number of hydrogen-bond acceptors (Lipinski definition) is 3. The van der Waals surface area contributed by atoms with Gasteiger partial charge in [-0.25, -0.2) is 9.37 Å². The summed E-state index contributed by atoms with van der Waals surface area (Å²) in [6.07, 6.45) is -3.01. The van der Waals surface area contributed by atoms with Crippen LogP contribution in [0.3, 0.4) is 0 Å². The minimum atomic E-state index is -4.57. The standard InChI is InChI=1S/C14H14F4N2O/c1-8-6-20-13(21-8)9(2)19-7-10-3-11(14(16,17)18)5-12(15)4-10/h3-6,9,19H,7H2,1-2H3. The summed E-state index contributed by atoms with van der Waals surface area (Å²) in [5.41, 5.74) is -0.795. The maximum absolute atomic E-state index is 13.3. The van der Waals surface area contributed by atoms with Gasteiger partial charge < -0.3 is 9.73 Å². The highest BCUT2D eigenvalue weighted by atomic mass is 19.4. The maximum atomic E-state index is 13.3. The molecule has 0 saturated carbocycles. The minimum absolute atomic E-state index is 0.0729. The number of nitrogens with one attached hydrogen (secondary N) is 1. The summed E-state index contributed by atoms with van der Waals surface area (Å²) in [4.78, 5) is 4.02. The normalized spacial score (nSPS) is 13.4. The third-order valence-corrected chi connectivity index (χ3v) is 2.91. The van der Waals surface area contributed by atoms with Crippen LogP contribution in [0.5, 0.6) is 0 Å². The monoisotopic (exact) mass is 302 g/mol. The quantitative estimate of drug-likeness (QED) is 0.868. The van der Waals surface area contributed by atoms with Crippen LogP contribution in [-0.4, -0.2) is 4.98 Å². The van der Waals surface area contributed by atoms with E-state index in [1.807, 2.05) is 0 Å². The van der Waals surface area contributed by atoms with Gasteiger partial charge in [-0.3, -0.25) is 0 Å². The van der Waals surface area contributed by atoms with Gasteiger partial charge in [0.25, 0.3) is 0 Å². The highest BCUT2D eigenvalue weighted by Crippen LogP contribution is 2.30. The second kappa shape index (κ2) is 5.85. The van der Waals surface area contributed by atoms with E-state index in [1.165, 1.54) is 0 Å². The first kappa shape index (κ1) is 15.5. The molecule has 114 valence electrons. The molecule has 2 aromatic rings. The third kappa shape index (κ3) is 4.04. The van der Waals surface area contributed by atoms with Gasteiger partial charge in [-0.15, -0.1) is 0 Å². The Kier molecular flexibility index (Phi) is 4.32. The SMILES string of the molecule is Cc1cnc(C(C)NCc2cc(F)cc(C(F)(F)F)c2)o1. The molecular weight excluding hydrogens is 288 g/mol. The van der Waals surface area contributed by atoms with E-state index in [4.69, 9.17) is 4.42 Å². The van der Waals surface area contributed by atoms with Gasteiger partial charge in [0.1, 0.15) is 11.6 Å². The van der Waals surface area contributed by atoms with Crippen LogP contribution < -0.4 is 5.32 Å². The molecule has 0 aliphatic carbocycles. The van der Waals surface area contributed by atoms with E-state index < -0.39 is 17.6 Å². The molecule has 0 fully saturated rings. The van der Waals surface area contributed by atoms with E-state index in [0.717, 1.165) is 12.1 Å². The van der Waals surface area contributed by atoms with Crippen molar-refractivity contribution < 1.29 is 22.0 Å². The van der Waals surface area contributed by atoms with Crippen molar-refractivity contribution in [2.75, 3.05) is 0 Å². The molecule has 0 spiro atoms. The Balaban J connectivity index is 2.08. The average molecular weight is 302 g/mol. The molecule has 0 bridgehead atoms. The van der Waals surface area contributed by atoms with Crippen LogP contribution in [0.2, 0.25) is 0 Å². The molecule has 2 rings (SSSR count). The van der Waals surface area contributed by atoms with Crippen molar-refractivity contribution in [3.05, 3.63) is 53.0 Å². The van der Waals surface area contributed by atoms with Crippen LogP contribution >= 0.6 is 0 Å². The van der Waals surface area contributed by atoms with Crippen molar-refractivity contribution >= 4 is 0 Å². The number of benzene rings is 1. The molecule has 1 aromatic carbocycles. The smallest absolute Gasteiger partial charge is 0.416 e. The van der Waals surface area contributed by atoms with Crippen LogP contribution in [0.4, 0.5) is 17.6 Å². The van der Waals surface area contributed by atoms with Crippen molar-refractivity contribution in [3.63, 3.8) is 0 Å². The van der Waals surface area contributed by atoms with Gasteiger partial charge in [-0.05, 0) is 37.6 Å². The van der Waals surface area contributed by atoms with Gasteiger partial charge >= 0.3 is 6.18 Å². The Labute approximate surface area is 119 Å². The fourth-order valence-corrected chi connectivity index (χ4v) is 1.85. The molecule has 1 unspecified atom stereocenters. The fraction of sp³-hybridized carbons (Fsp3) is 0.357. The van der Waals surface area contributed by atoms with Gasteiger partial charge in [0, 0.05) is 6.54 Å². The first-order valence-corrected chi connectivity index (χ1v) is 6.28. The number of hydrogen-bond donors (Lipinski definition) is 1. The maximum Gasteiger partial charge on any atom is 0.416 e. The lowest BCUT2D eigenvalue weighted by molar-refractivity contribution is -0.137. The number of aryl methyl sites for hydroxylation is 1. The first-order chi connectivity index (χ1) is 9.75. The Morgan fingerprint density at radius 1 is 1.29 bits per heavy atom. The van der Waals surface area contributed by atoms with Crippen LogP contribution in [0.1, 0.15) is 35.7 Å². The van der Waals surface area contributed by atoms with E-state index in [-0.39, 0.29) is 18.2 Å². The van der Waals surface area contributed by atoms with Crippen LogP contribution in [0.15, 0.2) is 28.8 Å². The second-order valence-electron chi connectivity index (χ2n) is 4.76. The Morgan fingerprint density at radius 2 is 2.00 bits per heavy atom. The summed E-state index contributed by atoms with van der Waals surface area (Å²) in [5.74, 6) is 0.157. The Bertz CT molecular complexity index is 622. The lowest BCUT2D eigenvalue weighted by atomic mass is 10.1. The molecule has 21 heavy (non-hydrogen) atoms. The summed E-state index contributed by atoms with van der Waals surface area (Å²) >= 11 is 0. The largest absolute Gasteiger partial charge is 0.444 e. The molecule has 0 aliphatic rings. The molecule has 1 atom stereocenters. The lowest BCUT2D eigenvalue weighted by Crippen LogP contribution is -2.19. The minimum Gasteiger partial charge on any atom is -0.444 e. The number of halogens is 4. The molecule has 0 saturated heterocycles. The molecule has 1 heterocycles. The van der Waals surface area contributed by atoms with Crippen molar-refractivity contribution in [2.45, 2.75) is 32.6 Å². The predicted molar refractivity (Wildman–Crippen MR) is 67.9 cm³/mol. The van der Waals surface area contributed by atoms with Crippen molar-refractivity contribution in [1.29, 1.82) is 0 Å². The van der Waals surface area contributed by atoms with Crippen molar-refractivity contribution in [3.8, 4) is 0 Å². The second-order valence-corrected chi connectivity index (χ2v) is 4.76. The predicted octanol–water partition coefficient (Wildman–Crippen LogP) is 3.99. The molecule has 0 radical (unpaired) electrons. The Morgan fingerprint density at radius 3 is 2.57 bits per heavy atom. The van der Waals surface area contributed by atoms with Crippen molar-refractivity contribution in [1.82, 2.24) is 10.3 Å². The summed E-state index contributed by atoms with van der Waals surface area (Å²) < 4.78 is 56.4. The molecular formula is C14H14F4N2O. The summed E-state index contributed by atoms with van der Waals surface area (Å²) in [6, 6.07) is 2.17. The van der Waals surface area contributed by atoms with Gasteiger partial charge in [-0.2, -0.15) is 13.2 Å². The first-order valence-electron chi connectivity index (χ1n) is 6.28. The lowest BCUT2D eigenvalue weighted by Gasteiger charge is -2.12. The summed E-state index contributed by atoms with van der Waals surface area (Å²) in [6.45, 7) is 3.57. The molecule has 1 N–H and O–H groups in total. The van der Waals surface area contributed by atoms with E-state index in [9.17, 15) is 17.6 Å². The third-order valence-electron chi connectivity index (χ3n) is 2.91. The van der Waals surface area contributed by atoms with Gasteiger partial charge in [0.2, 0.25) is 5.89 Å².